The fourth-order valence-corrected chi connectivity index (χ4v) is 3.23. The molecule has 0 fully saturated rings. The molecule has 0 saturated heterocycles. The van der Waals surface area contributed by atoms with Gasteiger partial charge < -0.3 is 0 Å². The summed E-state index contributed by atoms with van der Waals surface area (Å²) >= 11 is 0. The number of benzene rings is 1. The highest BCUT2D eigenvalue weighted by molar-refractivity contribution is 5.34. The van der Waals surface area contributed by atoms with Gasteiger partial charge in [-0.05, 0) is 41.7 Å². The molecular weight excluding hydrogens is 264 g/mol. The second kappa shape index (κ2) is 12.3. The highest BCUT2D eigenvalue weighted by atomic mass is 14.3. The van der Waals surface area contributed by atoms with Crippen molar-refractivity contribution in [2.75, 3.05) is 0 Å². The average Bonchev–Trinajstić information content (AvgIpc) is 2.78. The summed E-state index contributed by atoms with van der Waals surface area (Å²) in [6.07, 6.45) is 11.8. The Balaban J connectivity index is 0.000000661. The Kier molecular flexibility index (Phi) is 11.5. The van der Waals surface area contributed by atoms with Crippen molar-refractivity contribution in [3.63, 3.8) is 0 Å². The number of fused-ring (bicyclic) bond motifs is 2. The third-order valence-electron chi connectivity index (χ3n) is 4.17. The summed E-state index contributed by atoms with van der Waals surface area (Å²) in [6.45, 7) is 14.4. The molecule has 22 heavy (non-hydrogen) atoms. The SMILES string of the molecule is CC.CC.CC.CC1c2ccccc2CCC2C=CC=CC21. The minimum Gasteiger partial charge on any atom is -0.0808 e. The summed E-state index contributed by atoms with van der Waals surface area (Å²) in [7, 11) is 0. The van der Waals surface area contributed by atoms with E-state index >= 15 is 0 Å². The van der Waals surface area contributed by atoms with Crippen LogP contribution in [0, 0.1) is 11.8 Å². The Morgan fingerprint density at radius 2 is 1.41 bits per heavy atom. The van der Waals surface area contributed by atoms with Crippen molar-refractivity contribution in [2.45, 2.75) is 67.2 Å². The smallest absolute Gasteiger partial charge is 0.0101 e. The van der Waals surface area contributed by atoms with Crippen molar-refractivity contribution in [3.05, 3.63) is 59.7 Å². The summed E-state index contributed by atoms with van der Waals surface area (Å²) in [4.78, 5) is 0. The van der Waals surface area contributed by atoms with Gasteiger partial charge in [-0.2, -0.15) is 0 Å². The lowest BCUT2D eigenvalue weighted by Crippen LogP contribution is -2.17. The quantitative estimate of drug-likeness (QED) is 0.476. The monoisotopic (exact) mass is 300 g/mol. The van der Waals surface area contributed by atoms with Crippen LogP contribution in [0.3, 0.4) is 0 Å². The first kappa shape index (κ1) is 20.7. The minimum absolute atomic E-state index is 0.657. The van der Waals surface area contributed by atoms with Gasteiger partial charge in [-0.3, -0.25) is 0 Å². The molecule has 0 heterocycles. The molecule has 0 aliphatic heterocycles. The fraction of sp³-hybridized carbons (Fsp3) is 0.545. The van der Waals surface area contributed by atoms with Gasteiger partial charge in [0.2, 0.25) is 0 Å². The zero-order chi connectivity index (χ0) is 17.0. The second-order valence-corrected chi connectivity index (χ2v) is 5.04. The summed E-state index contributed by atoms with van der Waals surface area (Å²) in [5.41, 5.74) is 3.13. The number of hydrogen-bond donors (Lipinski definition) is 0. The summed E-state index contributed by atoms with van der Waals surface area (Å²) in [6, 6.07) is 8.97. The van der Waals surface area contributed by atoms with Gasteiger partial charge in [0.15, 0.2) is 0 Å². The summed E-state index contributed by atoms with van der Waals surface area (Å²) in [5, 5.41) is 0. The molecule has 124 valence electrons. The molecule has 0 amide bonds. The highest BCUT2D eigenvalue weighted by Crippen LogP contribution is 2.40. The second-order valence-electron chi connectivity index (χ2n) is 5.04. The van der Waals surface area contributed by atoms with E-state index in [9.17, 15) is 0 Å². The number of allylic oxidation sites excluding steroid dienone is 4. The summed E-state index contributed by atoms with van der Waals surface area (Å²) in [5.74, 6) is 2.10. The van der Waals surface area contributed by atoms with Gasteiger partial charge in [-0.25, -0.2) is 0 Å². The maximum Gasteiger partial charge on any atom is -0.0101 e. The van der Waals surface area contributed by atoms with Crippen LogP contribution in [0.2, 0.25) is 0 Å². The van der Waals surface area contributed by atoms with Crippen LogP contribution in [0.4, 0.5) is 0 Å². The van der Waals surface area contributed by atoms with Gasteiger partial charge >= 0.3 is 0 Å². The molecule has 2 aliphatic carbocycles. The van der Waals surface area contributed by atoms with E-state index in [0.29, 0.717) is 11.8 Å². The van der Waals surface area contributed by atoms with Crippen LogP contribution >= 0.6 is 0 Å². The molecule has 0 nitrogen and oxygen atoms in total. The van der Waals surface area contributed by atoms with Crippen molar-refractivity contribution >= 4 is 0 Å². The van der Waals surface area contributed by atoms with Gasteiger partial charge in [0, 0.05) is 0 Å². The molecule has 0 radical (unpaired) electrons. The predicted molar refractivity (Wildman–Crippen MR) is 102 cm³/mol. The molecule has 0 bridgehead atoms. The maximum absolute atomic E-state index is 2.40. The first-order chi connectivity index (χ1) is 10.9. The lowest BCUT2D eigenvalue weighted by molar-refractivity contribution is 0.405. The van der Waals surface area contributed by atoms with Crippen molar-refractivity contribution < 1.29 is 0 Å². The predicted octanol–water partition coefficient (Wildman–Crippen LogP) is 7.17. The van der Waals surface area contributed by atoms with Crippen LogP contribution in [0.1, 0.15) is 71.9 Å². The van der Waals surface area contributed by atoms with Crippen LogP contribution < -0.4 is 0 Å². The number of hydrogen-bond acceptors (Lipinski definition) is 0. The molecule has 3 rings (SSSR count). The van der Waals surface area contributed by atoms with Gasteiger partial charge in [-0.1, -0.05) is 97.0 Å². The van der Waals surface area contributed by atoms with Crippen molar-refractivity contribution in [2.24, 2.45) is 11.8 Å². The minimum atomic E-state index is 0.657. The Hall–Kier alpha value is -1.30. The molecule has 0 aromatic heterocycles. The van der Waals surface area contributed by atoms with Crippen LogP contribution in [-0.2, 0) is 6.42 Å². The Morgan fingerprint density at radius 1 is 0.818 bits per heavy atom. The van der Waals surface area contributed by atoms with E-state index in [2.05, 4.69) is 55.5 Å². The maximum atomic E-state index is 2.40. The van der Waals surface area contributed by atoms with Crippen molar-refractivity contribution in [3.8, 4) is 0 Å². The molecule has 0 N–H and O–H groups in total. The molecule has 0 heteroatoms. The van der Waals surface area contributed by atoms with Gasteiger partial charge in [0.25, 0.3) is 0 Å². The summed E-state index contributed by atoms with van der Waals surface area (Å²) < 4.78 is 0. The number of rotatable bonds is 0. The Bertz CT molecular complexity index is 439. The molecule has 0 spiro atoms. The zero-order valence-electron chi connectivity index (χ0n) is 15.8. The highest BCUT2D eigenvalue weighted by Gasteiger charge is 2.29. The normalized spacial score (nSPS) is 23.9. The largest absolute Gasteiger partial charge is 0.0808 e. The molecule has 2 aliphatic rings. The van der Waals surface area contributed by atoms with Crippen LogP contribution in [0.15, 0.2) is 48.6 Å². The van der Waals surface area contributed by atoms with Gasteiger partial charge in [0.1, 0.15) is 0 Å². The van der Waals surface area contributed by atoms with E-state index in [1.54, 1.807) is 11.1 Å². The van der Waals surface area contributed by atoms with Crippen LogP contribution in [-0.4, -0.2) is 0 Å². The van der Waals surface area contributed by atoms with Crippen molar-refractivity contribution in [1.29, 1.82) is 0 Å². The fourth-order valence-electron chi connectivity index (χ4n) is 3.23. The standard InChI is InChI=1S/C16H18.3C2H6/c1-12-15-8-4-2-6-13(15)10-11-14-7-3-5-9-16(12)14;3*1-2/h2-9,12-13,15H,10-11H2,1H3;3*1-2H3. The lowest BCUT2D eigenvalue weighted by Gasteiger charge is -2.27. The van der Waals surface area contributed by atoms with Crippen LogP contribution in [0.25, 0.3) is 0 Å². The van der Waals surface area contributed by atoms with Crippen LogP contribution in [0.5, 0.6) is 0 Å². The third-order valence-corrected chi connectivity index (χ3v) is 4.17. The number of aryl methyl sites for hydroxylation is 1. The first-order valence-corrected chi connectivity index (χ1v) is 9.29. The molecule has 3 unspecified atom stereocenters. The Labute approximate surface area is 139 Å². The van der Waals surface area contributed by atoms with E-state index in [1.165, 1.54) is 12.8 Å². The average molecular weight is 301 g/mol. The van der Waals surface area contributed by atoms with E-state index in [0.717, 1.165) is 5.92 Å². The topological polar surface area (TPSA) is 0 Å². The van der Waals surface area contributed by atoms with E-state index < -0.39 is 0 Å². The molecule has 0 saturated carbocycles. The zero-order valence-corrected chi connectivity index (χ0v) is 15.8. The van der Waals surface area contributed by atoms with E-state index in [-0.39, 0.29) is 0 Å². The van der Waals surface area contributed by atoms with E-state index in [1.807, 2.05) is 41.5 Å². The molecule has 1 aromatic rings. The van der Waals surface area contributed by atoms with Gasteiger partial charge in [0.05, 0.1) is 0 Å². The molecule has 1 aromatic carbocycles. The Morgan fingerprint density at radius 3 is 2.09 bits per heavy atom. The molecular formula is C22H36. The first-order valence-electron chi connectivity index (χ1n) is 9.29. The van der Waals surface area contributed by atoms with E-state index in [4.69, 9.17) is 0 Å². The van der Waals surface area contributed by atoms with Crippen molar-refractivity contribution in [1.82, 2.24) is 0 Å². The molecule has 3 atom stereocenters. The lowest BCUT2D eigenvalue weighted by atomic mass is 9.77. The third kappa shape index (κ3) is 5.16. The van der Waals surface area contributed by atoms with Gasteiger partial charge in [-0.15, -0.1) is 0 Å².